The number of anilines is 1. The van der Waals surface area contributed by atoms with Gasteiger partial charge in [0.05, 0.1) is 29.7 Å². The summed E-state index contributed by atoms with van der Waals surface area (Å²) in [7, 11) is 0. The molecule has 1 aliphatic heterocycles. The van der Waals surface area contributed by atoms with E-state index in [9.17, 15) is 9.90 Å². The van der Waals surface area contributed by atoms with Gasteiger partial charge in [0, 0.05) is 29.6 Å². The van der Waals surface area contributed by atoms with E-state index in [1.165, 1.54) is 0 Å². The third-order valence-electron chi connectivity index (χ3n) is 5.77. The SMILES string of the molecule is O=C(c1ccc(Oc2ccccc2)cc1Cl)c1n[nH]c2nccc(N[C@@H]3CCC(CO)OC3)c12. The minimum absolute atomic E-state index is 0.0164. The number of hydrogen-bond acceptors (Lipinski definition) is 7. The van der Waals surface area contributed by atoms with Gasteiger partial charge in [0.1, 0.15) is 17.2 Å². The van der Waals surface area contributed by atoms with Crippen molar-refractivity contribution < 1.29 is 19.4 Å². The first-order valence-corrected chi connectivity index (χ1v) is 11.4. The number of aromatic amines is 1. The Bertz CT molecular complexity index is 1300. The summed E-state index contributed by atoms with van der Waals surface area (Å²) in [4.78, 5) is 17.7. The van der Waals surface area contributed by atoms with Crippen molar-refractivity contribution in [2.45, 2.75) is 25.0 Å². The first-order chi connectivity index (χ1) is 16.6. The molecule has 0 spiro atoms. The Morgan fingerprint density at radius 3 is 2.76 bits per heavy atom. The van der Waals surface area contributed by atoms with Crippen LogP contribution in [0.5, 0.6) is 11.5 Å². The Balaban J connectivity index is 1.40. The van der Waals surface area contributed by atoms with E-state index in [4.69, 9.17) is 21.1 Å². The van der Waals surface area contributed by atoms with Gasteiger partial charge in [0.2, 0.25) is 5.78 Å². The number of benzene rings is 2. The Morgan fingerprint density at radius 1 is 1.18 bits per heavy atom. The number of rotatable bonds is 7. The van der Waals surface area contributed by atoms with Gasteiger partial charge in [-0.25, -0.2) is 4.98 Å². The van der Waals surface area contributed by atoms with Gasteiger partial charge in [-0.3, -0.25) is 9.89 Å². The second-order valence-electron chi connectivity index (χ2n) is 8.10. The molecule has 1 aliphatic rings. The first-order valence-electron chi connectivity index (χ1n) is 11.0. The van der Waals surface area contributed by atoms with Gasteiger partial charge >= 0.3 is 0 Å². The van der Waals surface area contributed by atoms with Gasteiger partial charge < -0.3 is 19.9 Å². The number of halogens is 1. The molecular weight excluding hydrogens is 456 g/mol. The number of aliphatic hydroxyl groups is 1. The summed E-state index contributed by atoms with van der Waals surface area (Å²) in [6.45, 7) is 0.480. The molecule has 34 heavy (non-hydrogen) atoms. The van der Waals surface area contributed by atoms with Gasteiger partial charge in [0.15, 0.2) is 5.65 Å². The lowest BCUT2D eigenvalue weighted by atomic mass is 10.0. The second kappa shape index (κ2) is 9.80. The number of carbonyl (C=O) groups is 1. The third-order valence-corrected chi connectivity index (χ3v) is 6.09. The summed E-state index contributed by atoms with van der Waals surface area (Å²) in [5, 5.41) is 20.7. The summed E-state index contributed by atoms with van der Waals surface area (Å²) in [5.41, 5.74) is 1.78. The number of nitrogens with zero attached hydrogens (tertiary/aromatic N) is 2. The Labute approximate surface area is 200 Å². The topological polar surface area (TPSA) is 109 Å². The molecule has 3 N–H and O–H groups in total. The largest absolute Gasteiger partial charge is 0.457 e. The highest BCUT2D eigenvalue weighted by Gasteiger charge is 2.25. The van der Waals surface area contributed by atoms with Crippen LogP contribution in [0.2, 0.25) is 5.02 Å². The molecule has 5 rings (SSSR count). The Morgan fingerprint density at radius 2 is 2.03 bits per heavy atom. The van der Waals surface area contributed by atoms with E-state index in [2.05, 4.69) is 20.5 Å². The fourth-order valence-corrected chi connectivity index (χ4v) is 4.27. The van der Waals surface area contributed by atoms with Crippen molar-refractivity contribution >= 4 is 34.1 Å². The lowest BCUT2D eigenvalue weighted by Gasteiger charge is -2.29. The van der Waals surface area contributed by atoms with E-state index < -0.39 is 0 Å². The molecular formula is C25H23ClN4O4. The number of para-hydroxylation sites is 1. The van der Waals surface area contributed by atoms with E-state index in [1.54, 1.807) is 24.4 Å². The van der Waals surface area contributed by atoms with Gasteiger partial charge in [-0.15, -0.1) is 0 Å². The summed E-state index contributed by atoms with van der Waals surface area (Å²) >= 11 is 6.47. The quantitative estimate of drug-likeness (QED) is 0.333. The van der Waals surface area contributed by atoms with Crippen molar-refractivity contribution in [1.82, 2.24) is 15.2 Å². The number of ether oxygens (including phenoxy) is 2. The highest BCUT2D eigenvalue weighted by molar-refractivity contribution is 6.35. The van der Waals surface area contributed by atoms with Gasteiger partial charge in [-0.1, -0.05) is 29.8 Å². The van der Waals surface area contributed by atoms with E-state index >= 15 is 0 Å². The molecule has 1 saturated heterocycles. The summed E-state index contributed by atoms with van der Waals surface area (Å²) in [5.74, 6) is 0.885. The van der Waals surface area contributed by atoms with Crippen molar-refractivity contribution in [3.8, 4) is 11.5 Å². The third kappa shape index (κ3) is 4.61. The highest BCUT2D eigenvalue weighted by atomic mass is 35.5. The first kappa shape index (κ1) is 22.3. The molecule has 4 aromatic rings. The van der Waals surface area contributed by atoms with Crippen LogP contribution in [0, 0.1) is 0 Å². The predicted molar refractivity (Wildman–Crippen MR) is 129 cm³/mol. The van der Waals surface area contributed by atoms with Crippen LogP contribution < -0.4 is 10.1 Å². The molecule has 1 fully saturated rings. The van der Waals surface area contributed by atoms with Crippen LogP contribution in [0.1, 0.15) is 28.9 Å². The smallest absolute Gasteiger partial charge is 0.215 e. The van der Waals surface area contributed by atoms with Crippen LogP contribution in [0.4, 0.5) is 5.69 Å². The van der Waals surface area contributed by atoms with Crippen LogP contribution >= 0.6 is 11.6 Å². The van der Waals surface area contributed by atoms with E-state index in [0.717, 1.165) is 18.5 Å². The average Bonchev–Trinajstić information content (AvgIpc) is 3.30. The van der Waals surface area contributed by atoms with Gasteiger partial charge in [-0.2, -0.15) is 5.10 Å². The molecule has 1 unspecified atom stereocenters. The normalized spacial score (nSPS) is 18.1. The minimum atomic E-state index is -0.321. The molecule has 2 aromatic carbocycles. The highest BCUT2D eigenvalue weighted by Crippen LogP contribution is 2.31. The zero-order valence-electron chi connectivity index (χ0n) is 18.2. The van der Waals surface area contributed by atoms with Crippen LogP contribution in [-0.2, 0) is 4.74 Å². The van der Waals surface area contributed by atoms with Gasteiger partial charge in [0.25, 0.3) is 0 Å². The maximum atomic E-state index is 13.4. The molecule has 2 atom stereocenters. The number of fused-ring (bicyclic) bond motifs is 1. The molecule has 0 saturated carbocycles. The maximum Gasteiger partial charge on any atom is 0.215 e. The number of aromatic nitrogens is 3. The zero-order chi connectivity index (χ0) is 23.5. The standard InChI is InChI=1S/C25H23ClN4O4/c26-20-12-17(34-16-4-2-1-3-5-16)8-9-19(20)24(32)23-22-21(10-11-27-25(22)30-29-23)28-15-6-7-18(13-31)33-14-15/h1-5,8-12,15,18,31H,6-7,13-14H2,(H2,27,28,29,30)/t15-,18?/m1/s1. The Kier molecular flexibility index (Phi) is 6.44. The number of hydrogen-bond donors (Lipinski definition) is 3. The van der Waals surface area contributed by atoms with Crippen molar-refractivity contribution in [2.75, 3.05) is 18.5 Å². The molecule has 3 heterocycles. The monoisotopic (exact) mass is 478 g/mol. The molecule has 2 aromatic heterocycles. The van der Waals surface area contributed by atoms with Crippen LogP contribution in [-0.4, -0.2) is 51.4 Å². The summed E-state index contributed by atoms with van der Waals surface area (Å²) < 4.78 is 11.5. The molecule has 0 aliphatic carbocycles. The molecule has 8 nitrogen and oxygen atoms in total. The molecule has 9 heteroatoms. The van der Waals surface area contributed by atoms with E-state index in [-0.39, 0.29) is 35.3 Å². The number of nitrogens with one attached hydrogen (secondary N) is 2. The van der Waals surface area contributed by atoms with Crippen molar-refractivity contribution in [1.29, 1.82) is 0 Å². The molecule has 0 bridgehead atoms. The lowest BCUT2D eigenvalue weighted by molar-refractivity contribution is -0.0223. The number of aliphatic hydroxyl groups excluding tert-OH is 1. The number of ketones is 1. The number of H-pyrrole nitrogens is 1. The number of carbonyl (C=O) groups excluding carboxylic acids is 1. The van der Waals surface area contributed by atoms with E-state index in [1.807, 2.05) is 36.4 Å². The second-order valence-corrected chi connectivity index (χ2v) is 8.50. The van der Waals surface area contributed by atoms with E-state index in [0.29, 0.717) is 34.7 Å². The fourth-order valence-electron chi connectivity index (χ4n) is 4.01. The maximum absolute atomic E-state index is 13.4. The molecule has 0 radical (unpaired) electrons. The van der Waals surface area contributed by atoms with Crippen LogP contribution in [0.15, 0.2) is 60.8 Å². The van der Waals surface area contributed by atoms with Crippen LogP contribution in [0.3, 0.4) is 0 Å². The molecule has 0 amide bonds. The fraction of sp³-hybridized carbons (Fsp3) is 0.240. The predicted octanol–water partition coefficient (Wildman–Crippen LogP) is 4.59. The number of pyridine rings is 1. The minimum Gasteiger partial charge on any atom is -0.457 e. The van der Waals surface area contributed by atoms with Crippen LogP contribution in [0.25, 0.3) is 11.0 Å². The van der Waals surface area contributed by atoms with Gasteiger partial charge in [-0.05, 0) is 43.2 Å². The molecule has 174 valence electrons. The average molecular weight is 479 g/mol. The Hall–Kier alpha value is -3.46. The van der Waals surface area contributed by atoms with Crippen molar-refractivity contribution in [3.05, 3.63) is 77.1 Å². The zero-order valence-corrected chi connectivity index (χ0v) is 19.0. The summed E-state index contributed by atoms with van der Waals surface area (Å²) in [6.07, 6.45) is 3.12. The lowest BCUT2D eigenvalue weighted by Crippen LogP contribution is -2.36. The van der Waals surface area contributed by atoms with Crippen molar-refractivity contribution in [2.24, 2.45) is 0 Å². The van der Waals surface area contributed by atoms with Crippen molar-refractivity contribution in [3.63, 3.8) is 0 Å². The summed E-state index contributed by atoms with van der Waals surface area (Å²) in [6, 6.07) is 16.1.